The van der Waals surface area contributed by atoms with E-state index in [4.69, 9.17) is 11.6 Å². The number of hydrogen-bond acceptors (Lipinski definition) is 1. The van der Waals surface area contributed by atoms with Crippen LogP contribution in [0.2, 0.25) is 0 Å². The summed E-state index contributed by atoms with van der Waals surface area (Å²) in [6.45, 7) is 4.27. The molecular weight excluding hydrogens is 316 g/mol. The molecular formula is C14H14BrClS. The van der Waals surface area contributed by atoms with Gasteiger partial charge in [0.1, 0.15) is 0 Å². The molecule has 0 saturated heterocycles. The Morgan fingerprint density at radius 2 is 2.06 bits per heavy atom. The van der Waals surface area contributed by atoms with E-state index in [9.17, 15) is 0 Å². The zero-order valence-corrected chi connectivity index (χ0v) is 13.0. The van der Waals surface area contributed by atoms with Crippen molar-refractivity contribution >= 4 is 38.9 Å². The van der Waals surface area contributed by atoms with Crippen molar-refractivity contribution in [3.8, 4) is 0 Å². The molecule has 0 amide bonds. The number of alkyl halides is 1. The molecule has 1 unspecified atom stereocenters. The lowest BCUT2D eigenvalue weighted by molar-refractivity contribution is 1.14. The Kier molecular flexibility index (Phi) is 4.29. The smallest absolute Gasteiger partial charge is 0.0930 e. The van der Waals surface area contributed by atoms with Gasteiger partial charge in [0, 0.05) is 14.2 Å². The Morgan fingerprint density at radius 1 is 1.29 bits per heavy atom. The first-order valence-electron chi connectivity index (χ1n) is 5.61. The van der Waals surface area contributed by atoms with E-state index < -0.39 is 0 Å². The highest BCUT2D eigenvalue weighted by Gasteiger charge is 2.16. The van der Waals surface area contributed by atoms with Crippen LogP contribution >= 0.6 is 38.9 Å². The molecule has 0 aliphatic rings. The van der Waals surface area contributed by atoms with Gasteiger partial charge in [0.2, 0.25) is 0 Å². The van der Waals surface area contributed by atoms with Crippen LogP contribution in [0.3, 0.4) is 0 Å². The molecule has 0 aliphatic carbocycles. The summed E-state index contributed by atoms with van der Waals surface area (Å²) in [4.78, 5) is 2.61. The van der Waals surface area contributed by atoms with Crippen LogP contribution in [0.25, 0.3) is 0 Å². The molecule has 90 valence electrons. The molecule has 0 aliphatic heterocycles. The number of hydrogen-bond donors (Lipinski definition) is 0. The van der Waals surface area contributed by atoms with Crippen LogP contribution in [0, 0.1) is 6.92 Å². The molecule has 0 fully saturated rings. The molecule has 0 spiro atoms. The van der Waals surface area contributed by atoms with Crippen LogP contribution in [0.4, 0.5) is 0 Å². The van der Waals surface area contributed by atoms with Crippen LogP contribution in [0.15, 0.2) is 34.8 Å². The number of rotatable bonds is 3. The molecule has 1 aromatic carbocycles. The van der Waals surface area contributed by atoms with Gasteiger partial charge in [0.25, 0.3) is 0 Å². The van der Waals surface area contributed by atoms with Crippen molar-refractivity contribution in [3.63, 3.8) is 0 Å². The van der Waals surface area contributed by atoms with Crippen molar-refractivity contribution in [2.75, 3.05) is 0 Å². The van der Waals surface area contributed by atoms with E-state index >= 15 is 0 Å². The summed E-state index contributed by atoms with van der Waals surface area (Å²) in [6, 6.07) is 10.5. The van der Waals surface area contributed by atoms with E-state index in [1.807, 2.05) is 12.1 Å². The van der Waals surface area contributed by atoms with Gasteiger partial charge in [-0.2, -0.15) is 0 Å². The van der Waals surface area contributed by atoms with Crippen LogP contribution in [-0.4, -0.2) is 0 Å². The fraction of sp³-hybridized carbons (Fsp3) is 0.286. The molecule has 17 heavy (non-hydrogen) atoms. The maximum absolute atomic E-state index is 6.57. The van der Waals surface area contributed by atoms with E-state index in [1.54, 1.807) is 11.3 Å². The highest BCUT2D eigenvalue weighted by molar-refractivity contribution is 9.10. The summed E-state index contributed by atoms with van der Waals surface area (Å²) in [5.41, 5.74) is 2.41. The average molecular weight is 330 g/mol. The van der Waals surface area contributed by atoms with Gasteiger partial charge in [0.05, 0.1) is 5.38 Å². The SMILES string of the molecule is CCc1ccc(C(Cl)c2cccc(Br)c2C)s1. The fourth-order valence-electron chi connectivity index (χ4n) is 1.77. The Balaban J connectivity index is 2.36. The summed E-state index contributed by atoms with van der Waals surface area (Å²) in [5.74, 6) is 0. The molecule has 0 radical (unpaired) electrons. The van der Waals surface area contributed by atoms with E-state index in [2.05, 4.69) is 48.0 Å². The van der Waals surface area contributed by atoms with Crippen molar-refractivity contribution in [2.45, 2.75) is 25.6 Å². The second-order valence-corrected chi connectivity index (χ2v) is 6.46. The molecule has 0 saturated carbocycles. The summed E-state index contributed by atoms with van der Waals surface area (Å²) >= 11 is 11.9. The lowest BCUT2D eigenvalue weighted by Crippen LogP contribution is -1.94. The van der Waals surface area contributed by atoms with Gasteiger partial charge >= 0.3 is 0 Å². The molecule has 0 N–H and O–H groups in total. The van der Waals surface area contributed by atoms with Gasteiger partial charge in [0.15, 0.2) is 0 Å². The molecule has 2 aromatic rings. The third kappa shape index (κ3) is 2.75. The largest absolute Gasteiger partial charge is 0.143 e. The molecule has 0 bridgehead atoms. The minimum Gasteiger partial charge on any atom is -0.143 e. The third-order valence-corrected chi connectivity index (χ3v) is 5.62. The highest BCUT2D eigenvalue weighted by atomic mass is 79.9. The Labute approximate surface area is 120 Å². The zero-order valence-electron chi connectivity index (χ0n) is 9.84. The first-order valence-corrected chi connectivity index (χ1v) is 7.65. The predicted molar refractivity (Wildman–Crippen MR) is 80.3 cm³/mol. The maximum atomic E-state index is 6.57. The molecule has 0 nitrogen and oxygen atoms in total. The fourth-order valence-corrected chi connectivity index (χ4v) is 3.55. The predicted octanol–water partition coefficient (Wildman–Crippen LogP) is 5.71. The monoisotopic (exact) mass is 328 g/mol. The van der Waals surface area contributed by atoms with E-state index in [1.165, 1.54) is 20.9 Å². The summed E-state index contributed by atoms with van der Waals surface area (Å²) in [6.07, 6.45) is 1.08. The molecule has 1 aromatic heterocycles. The summed E-state index contributed by atoms with van der Waals surface area (Å²) in [5, 5.41) is -0.0437. The van der Waals surface area contributed by atoms with Gasteiger partial charge in [-0.25, -0.2) is 0 Å². The van der Waals surface area contributed by atoms with Gasteiger partial charge in [-0.3, -0.25) is 0 Å². The number of aryl methyl sites for hydroxylation is 1. The van der Waals surface area contributed by atoms with E-state index in [0.717, 1.165) is 10.9 Å². The van der Waals surface area contributed by atoms with Crippen LogP contribution in [0.1, 0.15) is 33.2 Å². The van der Waals surface area contributed by atoms with Crippen molar-refractivity contribution in [3.05, 3.63) is 55.7 Å². The van der Waals surface area contributed by atoms with Crippen LogP contribution in [-0.2, 0) is 6.42 Å². The first-order chi connectivity index (χ1) is 8.13. The quantitative estimate of drug-likeness (QED) is 0.633. The Bertz CT molecular complexity index is 519. The lowest BCUT2D eigenvalue weighted by Gasteiger charge is -2.12. The number of halogens is 2. The van der Waals surface area contributed by atoms with Gasteiger partial charge in [-0.05, 0) is 42.7 Å². The number of thiophene rings is 1. The Hall–Kier alpha value is -0.310. The standard InChI is InChI=1S/C14H14BrClS/c1-3-10-7-8-13(17-10)14(16)11-5-4-6-12(15)9(11)2/h4-8,14H,3H2,1-2H3. The maximum Gasteiger partial charge on any atom is 0.0930 e. The van der Waals surface area contributed by atoms with Crippen LogP contribution in [0.5, 0.6) is 0 Å². The zero-order chi connectivity index (χ0) is 12.4. The first kappa shape index (κ1) is 13.1. The summed E-state index contributed by atoms with van der Waals surface area (Å²) < 4.78 is 1.12. The second-order valence-electron chi connectivity index (χ2n) is 3.97. The normalized spacial score (nSPS) is 12.7. The average Bonchev–Trinajstić information content (AvgIpc) is 2.80. The van der Waals surface area contributed by atoms with Crippen LogP contribution < -0.4 is 0 Å². The summed E-state index contributed by atoms with van der Waals surface area (Å²) in [7, 11) is 0. The number of benzene rings is 1. The minimum absolute atomic E-state index is 0.0437. The van der Waals surface area contributed by atoms with Crippen molar-refractivity contribution in [1.29, 1.82) is 0 Å². The van der Waals surface area contributed by atoms with Gasteiger partial charge in [-0.15, -0.1) is 22.9 Å². The van der Waals surface area contributed by atoms with E-state index in [0.29, 0.717) is 0 Å². The molecule has 3 heteroatoms. The molecule has 2 rings (SSSR count). The highest BCUT2D eigenvalue weighted by Crippen LogP contribution is 2.37. The third-order valence-electron chi connectivity index (χ3n) is 2.86. The topological polar surface area (TPSA) is 0 Å². The molecule has 1 heterocycles. The lowest BCUT2D eigenvalue weighted by atomic mass is 10.0. The minimum atomic E-state index is -0.0437. The second kappa shape index (κ2) is 5.55. The molecule has 1 atom stereocenters. The van der Waals surface area contributed by atoms with Crippen molar-refractivity contribution < 1.29 is 0 Å². The van der Waals surface area contributed by atoms with Crippen molar-refractivity contribution in [2.24, 2.45) is 0 Å². The van der Waals surface area contributed by atoms with E-state index in [-0.39, 0.29) is 5.38 Å². The van der Waals surface area contributed by atoms with Gasteiger partial charge in [-0.1, -0.05) is 35.0 Å². The van der Waals surface area contributed by atoms with Gasteiger partial charge < -0.3 is 0 Å². The van der Waals surface area contributed by atoms with Crippen molar-refractivity contribution in [1.82, 2.24) is 0 Å². The Morgan fingerprint density at radius 3 is 2.71 bits per heavy atom.